The van der Waals surface area contributed by atoms with Crippen molar-refractivity contribution in [2.45, 2.75) is 12.3 Å². The van der Waals surface area contributed by atoms with E-state index in [4.69, 9.17) is 9.47 Å². The molecule has 1 aliphatic carbocycles. The van der Waals surface area contributed by atoms with Gasteiger partial charge in [-0.25, -0.2) is 4.79 Å². The fourth-order valence-electron chi connectivity index (χ4n) is 3.93. The Kier molecular flexibility index (Phi) is 6.52. The van der Waals surface area contributed by atoms with E-state index >= 15 is 0 Å². The van der Waals surface area contributed by atoms with Gasteiger partial charge in [-0.15, -0.1) is 0 Å². The summed E-state index contributed by atoms with van der Waals surface area (Å²) in [4.78, 5) is 23.1. The Bertz CT molecular complexity index is 1160. The van der Waals surface area contributed by atoms with Crippen LogP contribution in [-0.4, -0.2) is 32.6 Å². The predicted octanol–water partition coefficient (Wildman–Crippen LogP) is 4.79. The van der Waals surface area contributed by atoms with Crippen LogP contribution in [0.2, 0.25) is 0 Å². The minimum atomic E-state index is -0.453. The van der Waals surface area contributed by atoms with Gasteiger partial charge in [0, 0.05) is 24.4 Å². The molecule has 0 fully saturated rings. The molecule has 32 heavy (non-hydrogen) atoms. The highest BCUT2D eigenvalue weighted by Crippen LogP contribution is 2.44. The highest BCUT2D eigenvalue weighted by atomic mass is 16.5. The van der Waals surface area contributed by atoms with E-state index in [0.717, 1.165) is 11.8 Å². The lowest BCUT2D eigenvalue weighted by atomic mass is 9.98. The number of carbonyl (C=O) groups excluding carboxylic acids is 2. The molecule has 3 aromatic rings. The summed E-state index contributed by atoms with van der Waals surface area (Å²) in [6.07, 6.45) is 0.765. The molecule has 1 amide bonds. The normalized spacial score (nSPS) is 11.5. The third-order valence-electron chi connectivity index (χ3n) is 5.46. The van der Waals surface area contributed by atoms with E-state index in [-0.39, 0.29) is 12.5 Å². The molecule has 0 bridgehead atoms. The van der Waals surface area contributed by atoms with Crippen molar-refractivity contribution in [1.29, 1.82) is 0 Å². The molecule has 160 valence electrons. The van der Waals surface area contributed by atoms with Crippen molar-refractivity contribution in [3.05, 3.63) is 89.0 Å². The lowest BCUT2D eigenvalue weighted by Gasteiger charge is -2.14. The van der Waals surface area contributed by atoms with Crippen LogP contribution in [0, 0.1) is 11.8 Å². The van der Waals surface area contributed by atoms with Gasteiger partial charge in [-0.1, -0.05) is 60.4 Å². The zero-order valence-electron chi connectivity index (χ0n) is 17.8. The minimum Gasteiger partial charge on any atom is -0.496 e. The highest BCUT2D eigenvalue weighted by Gasteiger charge is 2.28. The molecule has 5 nitrogen and oxygen atoms in total. The average molecular weight is 425 g/mol. The van der Waals surface area contributed by atoms with Crippen molar-refractivity contribution in [3.63, 3.8) is 0 Å². The third kappa shape index (κ3) is 4.50. The van der Waals surface area contributed by atoms with Crippen LogP contribution in [0.3, 0.4) is 0 Å². The molecule has 3 aromatic carbocycles. The van der Waals surface area contributed by atoms with Crippen LogP contribution in [0.5, 0.6) is 5.75 Å². The summed E-state index contributed by atoms with van der Waals surface area (Å²) in [6.45, 7) is 0.668. The van der Waals surface area contributed by atoms with E-state index in [9.17, 15) is 9.59 Å². The Morgan fingerprint density at radius 1 is 1.03 bits per heavy atom. The van der Waals surface area contributed by atoms with Crippen LogP contribution in [0.1, 0.15) is 39.4 Å². The lowest BCUT2D eigenvalue weighted by Crippen LogP contribution is -2.26. The van der Waals surface area contributed by atoms with Gasteiger partial charge < -0.3 is 14.8 Å². The van der Waals surface area contributed by atoms with Crippen LogP contribution in [0.15, 0.2) is 66.7 Å². The van der Waals surface area contributed by atoms with Gasteiger partial charge in [-0.05, 0) is 40.5 Å². The highest BCUT2D eigenvalue weighted by molar-refractivity contribution is 5.80. The molecule has 0 atom stereocenters. The number of alkyl carbamates (subject to hydrolysis) is 1. The van der Waals surface area contributed by atoms with Crippen molar-refractivity contribution in [3.8, 4) is 28.7 Å². The van der Waals surface area contributed by atoms with Crippen molar-refractivity contribution in [2.24, 2.45) is 0 Å². The van der Waals surface area contributed by atoms with Crippen molar-refractivity contribution in [1.82, 2.24) is 5.32 Å². The Labute approximate surface area is 187 Å². The number of rotatable bonds is 6. The predicted molar refractivity (Wildman–Crippen MR) is 123 cm³/mol. The SMILES string of the molecule is COc1cc(C#CCCNC(=O)OCC2c3ccccc3-c3ccccc32)ccc1C=O. The smallest absolute Gasteiger partial charge is 0.407 e. The van der Waals surface area contributed by atoms with Crippen LogP contribution < -0.4 is 10.1 Å². The molecule has 0 saturated heterocycles. The molecule has 0 aliphatic heterocycles. The number of hydrogen-bond donors (Lipinski definition) is 1. The summed E-state index contributed by atoms with van der Waals surface area (Å²) in [6, 6.07) is 21.6. The van der Waals surface area contributed by atoms with Gasteiger partial charge in [0.05, 0.1) is 12.7 Å². The van der Waals surface area contributed by atoms with Crippen LogP contribution in [0.25, 0.3) is 11.1 Å². The molecule has 1 aliphatic rings. The summed E-state index contributed by atoms with van der Waals surface area (Å²) in [5.74, 6) is 6.54. The number of benzene rings is 3. The van der Waals surface area contributed by atoms with E-state index in [1.807, 2.05) is 24.3 Å². The minimum absolute atomic E-state index is 0.0391. The summed E-state index contributed by atoms with van der Waals surface area (Å²) in [5.41, 5.74) is 5.99. The summed E-state index contributed by atoms with van der Waals surface area (Å²) in [5, 5.41) is 2.75. The van der Waals surface area contributed by atoms with E-state index in [1.165, 1.54) is 29.4 Å². The number of carbonyl (C=O) groups is 2. The van der Waals surface area contributed by atoms with Gasteiger partial charge in [-0.3, -0.25) is 4.79 Å². The van der Waals surface area contributed by atoms with E-state index < -0.39 is 6.09 Å². The molecule has 0 aromatic heterocycles. The summed E-state index contributed by atoms with van der Waals surface area (Å²) in [7, 11) is 1.51. The molecule has 0 spiro atoms. The van der Waals surface area contributed by atoms with E-state index in [2.05, 4.69) is 41.4 Å². The summed E-state index contributed by atoms with van der Waals surface area (Å²) >= 11 is 0. The van der Waals surface area contributed by atoms with Gasteiger partial charge in [0.25, 0.3) is 0 Å². The first-order valence-electron chi connectivity index (χ1n) is 10.4. The fourth-order valence-corrected chi connectivity index (χ4v) is 3.93. The van der Waals surface area contributed by atoms with Gasteiger partial charge >= 0.3 is 6.09 Å². The van der Waals surface area contributed by atoms with Gasteiger partial charge in [0.2, 0.25) is 0 Å². The largest absolute Gasteiger partial charge is 0.496 e. The molecule has 0 radical (unpaired) electrons. The topological polar surface area (TPSA) is 64.6 Å². The number of hydrogen-bond acceptors (Lipinski definition) is 4. The third-order valence-corrected chi connectivity index (χ3v) is 5.46. The standard InChI is InChI=1S/C27H23NO4/c1-31-26-16-19(13-14-20(26)17-29)8-6-7-15-28-27(30)32-18-25-23-11-4-2-9-21(23)22-10-3-5-12-24(22)25/h2-5,9-14,16-17,25H,7,15,18H2,1H3,(H,28,30). The molecular formula is C27H23NO4. The second-order valence-corrected chi connectivity index (χ2v) is 7.38. The first kappa shape index (κ1) is 21.2. The maximum Gasteiger partial charge on any atom is 0.407 e. The van der Waals surface area contributed by atoms with Gasteiger partial charge in [-0.2, -0.15) is 0 Å². The lowest BCUT2D eigenvalue weighted by molar-refractivity contribution is 0.112. The van der Waals surface area contributed by atoms with E-state index in [0.29, 0.717) is 24.3 Å². The number of aldehydes is 1. The average Bonchev–Trinajstić information content (AvgIpc) is 3.16. The first-order chi connectivity index (χ1) is 15.7. The monoisotopic (exact) mass is 425 g/mol. The molecular weight excluding hydrogens is 402 g/mol. The fraction of sp³-hybridized carbons (Fsp3) is 0.185. The van der Waals surface area contributed by atoms with Crippen molar-refractivity contribution >= 4 is 12.4 Å². The molecule has 5 heteroatoms. The van der Waals surface area contributed by atoms with Gasteiger partial charge in [0.15, 0.2) is 6.29 Å². The van der Waals surface area contributed by atoms with Gasteiger partial charge in [0.1, 0.15) is 12.4 Å². The van der Waals surface area contributed by atoms with Crippen LogP contribution >= 0.6 is 0 Å². The quantitative estimate of drug-likeness (QED) is 0.350. The second kappa shape index (κ2) is 9.84. The van der Waals surface area contributed by atoms with Crippen LogP contribution in [0.4, 0.5) is 4.79 Å². The molecule has 0 saturated carbocycles. The summed E-state index contributed by atoms with van der Waals surface area (Å²) < 4.78 is 10.7. The molecule has 0 heterocycles. The zero-order valence-corrected chi connectivity index (χ0v) is 17.8. The molecule has 1 N–H and O–H groups in total. The van der Waals surface area contributed by atoms with Crippen molar-refractivity contribution < 1.29 is 19.1 Å². The Balaban J connectivity index is 1.28. The number of amides is 1. The van der Waals surface area contributed by atoms with E-state index in [1.54, 1.807) is 18.2 Å². The Morgan fingerprint density at radius 3 is 2.38 bits per heavy atom. The Hall–Kier alpha value is -4.04. The molecule has 0 unspecified atom stereocenters. The maximum atomic E-state index is 12.2. The number of ether oxygens (including phenoxy) is 2. The maximum absolute atomic E-state index is 12.2. The second-order valence-electron chi connectivity index (χ2n) is 7.38. The van der Waals surface area contributed by atoms with Crippen molar-refractivity contribution in [2.75, 3.05) is 20.3 Å². The number of nitrogens with one attached hydrogen (secondary N) is 1. The number of fused-ring (bicyclic) bond motifs is 3. The zero-order chi connectivity index (χ0) is 22.3. The molecule has 4 rings (SSSR count). The number of methoxy groups -OCH3 is 1. The van der Waals surface area contributed by atoms with Crippen LogP contribution in [-0.2, 0) is 4.74 Å². The Morgan fingerprint density at radius 2 is 1.72 bits per heavy atom. The first-order valence-corrected chi connectivity index (χ1v) is 10.4.